The van der Waals surface area contributed by atoms with Crippen molar-refractivity contribution in [3.05, 3.63) is 40.2 Å². The van der Waals surface area contributed by atoms with Crippen molar-refractivity contribution in [1.29, 1.82) is 0 Å². The highest BCUT2D eigenvalue weighted by Gasteiger charge is 2.23. The molecule has 0 saturated heterocycles. The van der Waals surface area contributed by atoms with Gasteiger partial charge in [0.15, 0.2) is 5.16 Å². The van der Waals surface area contributed by atoms with Crippen LogP contribution in [0.1, 0.15) is 10.4 Å². The summed E-state index contributed by atoms with van der Waals surface area (Å²) in [4.78, 5) is 21.5. The molecule has 0 amide bonds. The molecule has 2 aromatic rings. The van der Waals surface area contributed by atoms with Crippen molar-refractivity contribution in [1.82, 2.24) is 14.8 Å². The number of carboxylic acids is 1. The molecule has 0 aliphatic rings. The van der Waals surface area contributed by atoms with Gasteiger partial charge in [-0.1, -0.05) is 6.07 Å². The third-order valence-electron chi connectivity index (χ3n) is 2.28. The smallest absolute Gasteiger partial charge is 0.337 e. The zero-order valence-corrected chi connectivity index (χ0v) is 10.5. The maximum Gasteiger partial charge on any atom is 0.337 e. The second-order valence-corrected chi connectivity index (χ2v) is 4.52. The molecular weight excluding hydrogens is 272 g/mol. The van der Waals surface area contributed by atoms with Crippen molar-refractivity contribution < 1.29 is 14.8 Å². The number of aryl methyl sites for hydroxylation is 1. The van der Waals surface area contributed by atoms with E-state index in [-0.39, 0.29) is 16.1 Å². The van der Waals surface area contributed by atoms with Crippen molar-refractivity contribution in [3.63, 3.8) is 0 Å². The van der Waals surface area contributed by atoms with Gasteiger partial charge in [0.1, 0.15) is 11.2 Å². The van der Waals surface area contributed by atoms with E-state index in [0.717, 1.165) is 11.8 Å². The fourth-order valence-electron chi connectivity index (χ4n) is 1.40. The first kappa shape index (κ1) is 13.0. The standard InChI is InChI=1S/C10H8N4O4S/c1-13-5-11-12-10(13)19-8-6(9(15)16)3-2-4-7(8)14(17)18/h2-5H,1H3,(H,15,16). The first-order valence-electron chi connectivity index (χ1n) is 5.03. The summed E-state index contributed by atoms with van der Waals surface area (Å²) in [5.74, 6) is -1.23. The fraction of sp³-hybridized carbons (Fsp3) is 0.100. The van der Waals surface area contributed by atoms with Gasteiger partial charge >= 0.3 is 5.97 Å². The lowest BCUT2D eigenvalue weighted by Gasteiger charge is -2.05. The van der Waals surface area contributed by atoms with Gasteiger partial charge in [-0.2, -0.15) is 0 Å². The number of nitro groups is 1. The van der Waals surface area contributed by atoms with E-state index in [1.54, 1.807) is 11.6 Å². The van der Waals surface area contributed by atoms with Gasteiger partial charge in [-0.25, -0.2) is 4.79 Å². The first-order chi connectivity index (χ1) is 9.00. The minimum Gasteiger partial charge on any atom is -0.478 e. The van der Waals surface area contributed by atoms with Gasteiger partial charge in [-0.3, -0.25) is 10.1 Å². The predicted octanol–water partition coefficient (Wildman–Crippen LogP) is 1.57. The highest BCUT2D eigenvalue weighted by Crippen LogP contribution is 2.36. The SMILES string of the molecule is Cn1cnnc1Sc1c(C(=O)O)cccc1[N+](=O)[O-]. The maximum absolute atomic E-state index is 11.1. The average molecular weight is 280 g/mol. The molecule has 1 aromatic carbocycles. The molecule has 0 unspecified atom stereocenters. The monoisotopic (exact) mass is 280 g/mol. The molecule has 1 N–H and O–H groups in total. The summed E-state index contributed by atoms with van der Waals surface area (Å²) < 4.78 is 1.55. The van der Waals surface area contributed by atoms with Gasteiger partial charge in [0.25, 0.3) is 5.69 Å². The quantitative estimate of drug-likeness (QED) is 0.668. The van der Waals surface area contributed by atoms with E-state index in [2.05, 4.69) is 10.2 Å². The summed E-state index contributed by atoms with van der Waals surface area (Å²) >= 11 is 0.898. The molecule has 0 atom stereocenters. The third-order valence-corrected chi connectivity index (χ3v) is 3.47. The van der Waals surface area contributed by atoms with Crippen LogP contribution in [0.2, 0.25) is 0 Å². The number of rotatable bonds is 4. The second-order valence-electron chi connectivity index (χ2n) is 3.54. The Bertz CT molecular complexity index is 622. The van der Waals surface area contributed by atoms with Crippen LogP contribution in [0.3, 0.4) is 0 Å². The van der Waals surface area contributed by atoms with Gasteiger partial charge < -0.3 is 9.67 Å². The summed E-state index contributed by atoms with van der Waals surface area (Å²) in [7, 11) is 1.66. The molecule has 1 heterocycles. The highest BCUT2D eigenvalue weighted by atomic mass is 32.2. The second kappa shape index (κ2) is 5.06. The average Bonchev–Trinajstić information content (AvgIpc) is 2.74. The lowest BCUT2D eigenvalue weighted by Crippen LogP contribution is -2.03. The number of hydrogen-bond acceptors (Lipinski definition) is 6. The van der Waals surface area contributed by atoms with Crippen molar-refractivity contribution in [2.45, 2.75) is 10.1 Å². The van der Waals surface area contributed by atoms with Crippen LogP contribution < -0.4 is 0 Å². The topological polar surface area (TPSA) is 111 Å². The van der Waals surface area contributed by atoms with Crippen LogP contribution in [-0.2, 0) is 7.05 Å². The lowest BCUT2D eigenvalue weighted by molar-refractivity contribution is -0.387. The lowest BCUT2D eigenvalue weighted by atomic mass is 10.2. The van der Waals surface area contributed by atoms with E-state index in [9.17, 15) is 14.9 Å². The summed E-state index contributed by atoms with van der Waals surface area (Å²) in [6, 6.07) is 3.90. The number of nitrogens with zero attached hydrogens (tertiary/aromatic N) is 4. The van der Waals surface area contributed by atoms with Crippen LogP contribution in [0.4, 0.5) is 5.69 Å². The Kier molecular flexibility index (Phi) is 3.47. The molecule has 0 bridgehead atoms. The van der Waals surface area contributed by atoms with Crippen LogP contribution in [0.15, 0.2) is 34.6 Å². The first-order valence-corrected chi connectivity index (χ1v) is 5.85. The third kappa shape index (κ3) is 2.55. The Morgan fingerprint density at radius 3 is 2.79 bits per heavy atom. The van der Waals surface area contributed by atoms with Gasteiger partial charge in [0, 0.05) is 13.1 Å². The summed E-state index contributed by atoms with van der Waals surface area (Å²) in [5, 5.41) is 27.8. The van der Waals surface area contributed by atoms with Crippen LogP contribution in [0.25, 0.3) is 0 Å². The van der Waals surface area contributed by atoms with Crippen molar-refractivity contribution in [2.75, 3.05) is 0 Å². The molecule has 0 fully saturated rings. The number of carbonyl (C=O) groups is 1. The number of nitro benzene ring substituents is 1. The summed E-state index contributed by atoms with van der Waals surface area (Å²) in [5.41, 5.74) is -0.407. The molecular formula is C10H8N4O4S. The van der Waals surface area contributed by atoms with E-state index in [0.29, 0.717) is 5.16 Å². The Hall–Kier alpha value is -2.42. The van der Waals surface area contributed by atoms with Crippen molar-refractivity contribution >= 4 is 23.4 Å². The molecule has 0 aliphatic carbocycles. The van der Waals surface area contributed by atoms with Crippen LogP contribution in [-0.4, -0.2) is 30.8 Å². The number of benzene rings is 1. The van der Waals surface area contributed by atoms with E-state index >= 15 is 0 Å². The van der Waals surface area contributed by atoms with Gasteiger partial charge in [0.2, 0.25) is 0 Å². The molecule has 1 aromatic heterocycles. The van der Waals surface area contributed by atoms with Crippen LogP contribution in [0.5, 0.6) is 0 Å². The molecule has 98 valence electrons. The molecule has 0 spiro atoms. The molecule has 2 rings (SSSR count). The van der Waals surface area contributed by atoms with Gasteiger partial charge in [-0.15, -0.1) is 10.2 Å². The van der Waals surface area contributed by atoms with E-state index in [1.165, 1.54) is 24.5 Å². The molecule has 9 heteroatoms. The fourth-order valence-corrected chi connectivity index (χ4v) is 2.37. The summed E-state index contributed by atoms with van der Waals surface area (Å²) in [6.45, 7) is 0. The van der Waals surface area contributed by atoms with Gasteiger partial charge in [0.05, 0.1) is 10.5 Å². The zero-order chi connectivity index (χ0) is 14.0. The Morgan fingerprint density at radius 2 is 2.26 bits per heavy atom. The van der Waals surface area contributed by atoms with E-state index < -0.39 is 10.9 Å². The number of aromatic nitrogens is 3. The maximum atomic E-state index is 11.1. The Balaban J connectivity index is 2.55. The van der Waals surface area contributed by atoms with Gasteiger partial charge in [-0.05, 0) is 17.8 Å². The normalized spacial score (nSPS) is 10.4. The summed E-state index contributed by atoms with van der Waals surface area (Å²) in [6.07, 6.45) is 1.43. The number of carboxylic acid groups (broad SMARTS) is 1. The van der Waals surface area contributed by atoms with Crippen molar-refractivity contribution in [2.24, 2.45) is 7.05 Å². The van der Waals surface area contributed by atoms with E-state index in [4.69, 9.17) is 5.11 Å². The number of aromatic carboxylic acids is 1. The Morgan fingerprint density at radius 1 is 1.53 bits per heavy atom. The van der Waals surface area contributed by atoms with Crippen molar-refractivity contribution in [3.8, 4) is 0 Å². The van der Waals surface area contributed by atoms with Crippen LogP contribution >= 0.6 is 11.8 Å². The highest BCUT2D eigenvalue weighted by molar-refractivity contribution is 7.99. The molecule has 0 radical (unpaired) electrons. The number of hydrogen-bond donors (Lipinski definition) is 1. The van der Waals surface area contributed by atoms with Crippen LogP contribution in [0, 0.1) is 10.1 Å². The Labute approximate surface area is 111 Å². The molecule has 0 aliphatic heterocycles. The largest absolute Gasteiger partial charge is 0.478 e. The molecule has 8 nitrogen and oxygen atoms in total. The molecule has 19 heavy (non-hydrogen) atoms. The predicted molar refractivity (Wildman–Crippen MR) is 65.2 cm³/mol. The van der Waals surface area contributed by atoms with E-state index in [1.807, 2.05) is 0 Å². The minimum absolute atomic E-state index is 0.0381. The zero-order valence-electron chi connectivity index (χ0n) is 9.68. The molecule has 0 saturated carbocycles. The minimum atomic E-state index is -1.23.